The van der Waals surface area contributed by atoms with Gasteiger partial charge in [0.05, 0.1) is 18.3 Å². The van der Waals surface area contributed by atoms with Gasteiger partial charge in [-0.3, -0.25) is 4.72 Å². The fourth-order valence-electron chi connectivity index (χ4n) is 1.54. The van der Waals surface area contributed by atoms with Crippen LogP contribution < -0.4 is 4.72 Å². The second kappa shape index (κ2) is 5.59. The third kappa shape index (κ3) is 2.81. The number of hydrogen-bond donors (Lipinski definition) is 1. The molecule has 6 nitrogen and oxygen atoms in total. The van der Waals surface area contributed by atoms with Gasteiger partial charge in [0.15, 0.2) is 9.90 Å². The average Bonchev–Trinajstić information content (AvgIpc) is 2.90. The topological polar surface area (TPSA) is 85.4 Å². The van der Waals surface area contributed by atoms with Crippen molar-refractivity contribution in [1.29, 1.82) is 0 Å². The van der Waals surface area contributed by atoms with Crippen LogP contribution in [-0.2, 0) is 14.8 Å². The lowest BCUT2D eigenvalue weighted by Crippen LogP contribution is -2.16. The molecule has 2 rings (SSSR count). The average molecular weight is 312 g/mol. The fraction of sp³-hybridized carbons (Fsp3) is 0.167. The number of methoxy groups -OCH3 is 1. The van der Waals surface area contributed by atoms with Crippen LogP contribution in [0.15, 0.2) is 34.0 Å². The maximum absolute atomic E-state index is 12.3. The Balaban J connectivity index is 2.40. The Morgan fingerprint density at radius 2 is 2.05 bits per heavy atom. The number of thiazole rings is 1. The van der Waals surface area contributed by atoms with Crippen molar-refractivity contribution in [2.45, 2.75) is 11.1 Å². The van der Waals surface area contributed by atoms with E-state index in [1.165, 1.54) is 12.6 Å². The third-order valence-corrected chi connectivity index (χ3v) is 5.28. The molecule has 20 heavy (non-hydrogen) atoms. The Hall–Kier alpha value is -1.93. The van der Waals surface area contributed by atoms with Crippen molar-refractivity contribution in [2.24, 2.45) is 0 Å². The minimum absolute atomic E-state index is 0.160. The predicted octanol–water partition coefficient (Wildman–Crippen LogP) is 2.04. The van der Waals surface area contributed by atoms with Gasteiger partial charge in [-0.15, -0.1) is 11.3 Å². The van der Waals surface area contributed by atoms with Gasteiger partial charge in [0.2, 0.25) is 0 Å². The Kier molecular flexibility index (Phi) is 4.05. The molecule has 1 N–H and O–H groups in total. The molecular formula is C12H12N2O4S2. The van der Waals surface area contributed by atoms with Gasteiger partial charge in [-0.2, -0.15) is 0 Å². The van der Waals surface area contributed by atoms with Crippen LogP contribution in [0.4, 0.5) is 5.69 Å². The zero-order valence-electron chi connectivity index (χ0n) is 10.8. The van der Waals surface area contributed by atoms with Gasteiger partial charge in [-0.25, -0.2) is 18.2 Å². The van der Waals surface area contributed by atoms with Crippen molar-refractivity contribution in [3.8, 4) is 0 Å². The number of carbonyl (C=O) groups is 1. The number of aromatic nitrogens is 1. The van der Waals surface area contributed by atoms with Crippen LogP contribution in [0.25, 0.3) is 0 Å². The molecule has 0 aliphatic rings. The summed E-state index contributed by atoms with van der Waals surface area (Å²) in [6.45, 7) is 1.78. The number of nitrogens with one attached hydrogen (secondary N) is 1. The number of benzene rings is 1. The summed E-state index contributed by atoms with van der Waals surface area (Å²) < 4.78 is 31.4. The number of nitrogens with zero attached hydrogens (tertiary/aromatic N) is 1. The van der Waals surface area contributed by atoms with Gasteiger partial charge in [0.1, 0.15) is 0 Å². The zero-order chi connectivity index (χ0) is 14.8. The highest BCUT2D eigenvalue weighted by molar-refractivity contribution is 7.94. The van der Waals surface area contributed by atoms with Crippen LogP contribution >= 0.6 is 11.3 Å². The second-order valence-electron chi connectivity index (χ2n) is 3.90. The van der Waals surface area contributed by atoms with Crippen LogP contribution in [0.5, 0.6) is 0 Å². The van der Waals surface area contributed by atoms with Crippen LogP contribution in [0.2, 0.25) is 0 Å². The largest absolute Gasteiger partial charge is 0.464 e. The molecule has 8 heteroatoms. The molecule has 0 bridgehead atoms. The van der Waals surface area contributed by atoms with Crippen molar-refractivity contribution in [2.75, 3.05) is 11.8 Å². The molecule has 0 radical (unpaired) electrons. The van der Waals surface area contributed by atoms with Gasteiger partial charge in [0, 0.05) is 0 Å². The molecule has 0 spiro atoms. The van der Waals surface area contributed by atoms with Crippen molar-refractivity contribution in [3.63, 3.8) is 0 Å². The van der Waals surface area contributed by atoms with E-state index in [2.05, 4.69) is 14.4 Å². The quantitative estimate of drug-likeness (QED) is 0.873. The van der Waals surface area contributed by atoms with Crippen molar-refractivity contribution in [1.82, 2.24) is 4.98 Å². The fourth-order valence-corrected chi connectivity index (χ4v) is 3.80. The van der Waals surface area contributed by atoms with E-state index in [0.717, 1.165) is 16.9 Å². The minimum atomic E-state index is -3.87. The SMILES string of the molecule is COC(=O)c1ncsc1S(=O)(=O)Nc1ccccc1C. The Labute approximate surface area is 120 Å². The number of carbonyl (C=O) groups excluding carboxylic acids is 1. The monoisotopic (exact) mass is 312 g/mol. The van der Waals surface area contributed by atoms with Gasteiger partial charge in [0.25, 0.3) is 10.0 Å². The van der Waals surface area contributed by atoms with Crippen LogP contribution in [0, 0.1) is 6.92 Å². The van der Waals surface area contributed by atoms with Gasteiger partial charge in [-0.1, -0.05) is 18.2 Å². The van der Waals surface area contributed by atoms with E-state index >= 15 is 0 Å². The molecule has 0 aliphatic carbocycles. The normalized spacial score (nSPS) is 11.1. The predicted molar refractivity (Wildman–Crippen MR) is 75.4 cm³/mol. The Morgan fingerprint density at radius 1 is 1.35 bits per heavy atom. The summed E-state index contributed by atoms with van der Waals surface area (Å²) in [7, 11) is -2.70. The molecule has 0 aliphatic heterocycles. The number of sulfonamides is 1. The van der Waals surface area contributed by atoms with Crippen molar-refractivity contribution in [3.05, 3.63) is 41.0 Å². The standard InChI is InChI=1S/C12H12N2O4S2/c1-8-5-3-4-6-9(8)14-20(16,17)12-10(11(15)18-2)13-7-19-12/h3-7,14H,1-2H3. The Morgan fingerprint density at radius 3 is 2.70 bits per heavy atom. The van der Waals surface area contributed by atoms with E-state index in [1.807, 2.05) is 0 Å². The summed E-state index contributed by atoms with van der Waals surface area (Å²) in [4.78, 5) is 15.2. The highest BCUT2D eigenvalue weighted by Crippen LogP contribution is 2.25. The maximum atomic E-state index is 12.3. The first kappa shape index (κ1) is 14.5. The van der Waals surface area contributed by atoms with Gasteiger partial charge >= 0.3 is 5.97 Å². The van der Waals surface area contributed by atoms with E-state index in [-0.39, 0.29) is 9.90 Å². The maximum Gasteiger partial charge on any atom is 0.358 e. The lowest BCUT2D eigenvalue weighted by Gasteiger charge is -2.09. The first-order chi connectivity index (χ1) is 9.45. The molecule has 1 heterocycles. The number of anilines is 1. The minimum Gasteiger partial charge on any atom is -0.464 e. The molecule has 0 atom stereocenters. The number of hydrogen-bond acceptors (Lipinski definition) is 6. The highest BCUT2D eigenvalue weighted by Gasteiger charge is 2.26. The van der Waals surface area contributed by atoms with Crippen LogP contribution in [0.1, 0.15) is 16.1 Å². The molecule has 1 aromatic carbocycles. The third-order valence-electron chi connectivity index (χ3n) is 2.55. The van der Waals surface area contributed by atoms with E-state index in [1.54, 1.807) is 31.2 Å². The zero-order valence-corrected chi connectivity index (χ0v) is 12.4. The molecule has 0 saturated carbocycles. The van der Waals surface area contributed by atoms with Gasteiger partial charge in [-0.05, 0) is 18.6 Å². The highest BCUT2D eigenvalue weighted by atomic mass is 32.2. The molecule has 106 valence electrons. The molecule has 0 fully saturated rings. The molecule has 2 aromatic rings. The van der Waals surface area contributed by atoms with E-state index in [9.17, 15) is 13.2 Å². The first-order valence-electron chi connectivity index (χ1n) is 5.56. The molecule has 0 unspecified atom stereocenters. The number of aryl methyl sites for hydroxylation is 1. The summed E-state index contributed by atoms with van der Waals surface area (Å²) in [5.41, 5.74) is 2.31. The number of ether oxygens (including phenoxy) is 1. The van der Waals surface area contributed by atoms with Crippen molar-refractivity contribution >= 4 is 33.0 Å². The summed E-state index contributed by atoms with van der Waals surface area (Å²) >= 11 is 0.863. The molecule has 0 amide bonds. The number of esters is 1. The van der Waals surface area contributed by atoms with E-state index in [0.29, 0.717) is 5.69 Å². The second-order valence-corrected chi connectivity index (χ2v) is 6.63. The first-order valence-corrected chi connectivity index (χ1v) is 7.92. The number of rotatable bonds is 4. The Bertz CT molecular complexity index is 737. The van der Waals surface area contributed by atoms with Gasteiger partial charge < -0.3 is 4.74 Å². The summed E-state index contributed by atoms with van der Waals surface area (Å²) in [6.07, 6.45) is 0. The lowest BCUT2D eigenvalue weighted by molar-refractivity contribution is 0.0590. The molecule has 0 saturated heterocycles. The summed E-state index contributed by atoms with van der Waals surface area (Å²) in [5, 5.41) is 0. The van der Waals surface area contributed by atoms with Crippen LogP contribution in [0.3, 0.4) is 0 Å². The van der Waals surface area contributed by atoms with Crippen molar-refractivity contribution < 1.29 is 17.9 Å². The van der Waals surface area contributed by atoms with E-state index < -0.39 is 16.0 Å². The van der Waals surface area contributed by atoms with Crippen LogP contribution in [-0.4, -0.2) is 26.5 Å². The summed E-state index contributed by atoms with van der Waals surface area (Å²) in [5.74, 6) is -0.781. The lowest BCUT2D eigenvalue weighted by atomic mass is 10.2. The molecular weight excluding hydrogens is 300 g/mol. The summed E-state index contributed by atoms with van der Waals surface area (Å²) in [6, 6.07) is 6.95. The molecule has 1 aromatic heterocycles. The number of para-hydroxylation sites is 1. The smallest absolute Gasteiger partial charge is 0.358 e. The van der Waals surface area contributed by atoms with E-state index in [4.69, 9.17) is 0 Å².